The van der Waals surface area contributed by atoms with Gasteiger partial charge in [0.15, 0.2) is 5.65 Å². The van der Waals surface area contributed by atoms with Crippen LogP contribution in [0.5, 0.6) is 0 Å². The van der Waals surface area contributed by atoms with Crippen LogP contribution in [-0.2, 0) is 6.54 Å². The lowest BCUT2D eigenvalue weighted by Gasteiger charge is -2.32. The number of fused-ring (bicyclic) bond motifs is 1. The summed E-state index contributed by atoms with van der Waals surface area (Å²) >= 11 is 1.37. The van der Waals surface area contributed by atoms with Crippen LogP contribution in [-0.4, -0.2) is 71.8 Å². The van der Waals surface area contributed by atoms with E-state index in [1.807, 2.05) is 18.2 Å². The van der Waals surface area contributed by atoms with Crippen molar-refractivity contribution >= 4 is 38.7 Å². The van der Waals surface area contributed by atoms with E-state index in [9.17, 15) is 0 Å². The number of pyridine rings is 1. The summed E-state index contributed by atoms with van der Waals surface area (Å²) in [5.41, 5.74) is 8.18. The molecule has 5 heterocycles. The van der Waals surface area contributed by atoms with Gasteiger partial charge in [-0.1, -0.05) is 17.4 Å². The Bertz CT molecular complexity index is 1150. The Balaban J connectivity index is 1.19. The molecule has 4 aromatic heterocycles. The van der Waals surface area contributed by atoms with Gasteiger partial charge in [0.2, 0.25) is 16.2 Å². The molecule has 1 aliphatic rings. The number of nitrogens with two attached hydrogens (primary N) is 1. The van der Waals surface area contributed by atoms with E-state index in [4.69, 9.17) is 10.7 Å². The smallest absolute Gasteiger partial charge is 0.207 e. The minimum absolute atomic E-state index is 0.356. The number of anilines is 3. The number of imidazole rings is 1. The second-order valence-corrected chi connectivity index (χ2v) is 8.72. The molecular weight excluding hydrogens is 426 g/mol. The number of rotatable bonds is 8. The van der Waals surface area contributed by atoms with Crippen LogP contribution in [0.2, 0.25) is 0 Å². The second-order valence-electron chi connectivity index (χ2n) is 7.71. The molecular formula is C20H25N11S. The van der Waals surface area contributed by atoms with Gasteiger partial charge in [-0.05, 0) is 25.0 Å². The predicted octanol–water partition coefficient (Wildman–Crippen LogP) is 1.69. The maximum absolute atomic E-state index is 5.62. The quantitative estimate of drug-likeness (QED) is 0.363. The summed E-state index contributed by atoms with van der Waals surface area (Å²) in [5.74, 6) is 0.820. The van der Waals surface area contributed by atoms with Gasteiger partial charge in [0.25, 0.3) is 0 Å². The fourth-order valence-electron chi connectivity index (χ4n) is 3.90. The zero-order chi connectivity index (χ0) is 21.8. The summed E-state index contributed by atoms with van der Waals surface area (Å²) in [6.45, 7) is 4.44. The molecule has 4 N–H and O–H groups in total. The Morgan fingerprint density at radius 3 is 2.84 bits per heavy atom. The van der Waals surface area contributed by atoms with Crippen molar-refractivity contribution in [2.24, 2.45) is 0 Å². The monoisotopic (exact) mass is 451 g/mol. The third-order valence-corrected chi connectivity index (χ3v) is 6.23. The fraction of sp³-hybridized carbons (Fsp3) is 0.400. The topological polar surface area (TPSA) is 136 Å². The number of likely N-dealkylation sites (tertiary alicyclic amines) is 1. The number of hydrogen-bond acceptors (Lipinski definition) is 11. The Hall–Kier alpha value is -3.38. The third kappa shape index (κ3) is 4.75. The van der Waals surface area contributed by atoms with E-state index >= 15 is 0 Å². The lowest BCUT2D eigenvalue weighted by atomic mass is 10.1. The van der Waals surface area contributed by atoms with Crippen molar-refractivity contribution < 1.29 is 0 Å². The summed E-state index contributed by atoms with van der Waals surface area (Å²) < 4.78 is 2.09. The minimum atomic E-state index is 0.356. The van der Waals surface area contributed by atoms with Crippen LogP contribution in [0.15, 0.2) is 36.9 Å². The van der Waals surface area contributed by atoms with E-state index in [0.717, 1.165) is 67.0 Å². The Morgan fingerprint density at radius 1 is 1.16 bits per heavy atom. The van der Waals surface area contributed by atoms with Crippen LogP contribution in [0, 0.1) is 0 Å². The number of nitrogen functional groups attached to an aromatic ring is 1. The van der Waals surface area contributed by atoms with Crippen LogP contribution in [0.1, 0.15) is 18.5 Å². The van der Waals surface area contributed by atoms with Crippen molar-refractivity contribution in [2.45, 2.75) is 25.4 Å². The molecule has 0 aromatic carbocycles. The first-order chi connectivity index (χ1) is 15.7. The molecule has 0 bridgehead atoms. The fourth-order valence-corrected chi connectivity index (χ4v) is 4.44. The Kier molecular flexibility index (Phi) is 6.03. The highest BCUT2D eigenvalue weighted by atomic mass is 32.1. The molecule has 11 nitrogen and oxygen atoms in total. The van der Waals surface area contributed by atoms with Crippen LogP contribution < -0.4 is 16.4 Å². The molecule has 5 rings (SSSR count). The van der Waals surface area contributed by atoms with Crippen molar-refractivity contribution in [1.82, 2.24) is 39.6 Å². The van der Waals surface area contributed by atoms with Crippen LogP contribution in [0.3, 0.4) is 0 Å². The van der Waals surface area contributed by atoms with Crippen molar-refractivity contribution in [3.8, 4) is 0 Å². The van der Waals surface area contributed by atoms with Gasteiger partial charge >= 0.3 is 0 Å². The first kappa shape index (κ1) is 20.5. The highest BCUT2D eigenvalue weighted by molar-refractivity contribution is 7.18. The van der Waals surface area contributed by atoms with Crippen LogP contribution in [0.25, 0.3) is 11.2 Å². The Labute approximate surface area is 189 Å². The summed E-state index contributed by atoms with van der Waals surface area (Å²) in [7, 11) is 0. The molecule has 32 heavy (non-hydrogen) atoms. The number of nitrogens with zero attached hydrogens (tertiary/aromatic N) is 8. The molecule has 1 aliphatic heterocycles. The predicted molar refractivity (Wildman–Crippen MR) is 125 cm³/mol. The van der Waals surface area contributed by atoms with Gasteiger partial charge in [-0.3, -0.25) is 9.55 Å². The molecule has 0 saturated carbocycles. The van der Waals surface area contributed by atoms with Gasteiger partial charge in [0, 0.05) is 38.4 Å². The molecule has 0 radical (unpaired) electrons. The van der Waals surface area contributed by atoms with E-state index in [1.165, 1.54) is 11.3 Å². The second kappa shape index (κ2) is 9.40. The van der Waals surface area contributed by atoms with E-state index in [-0.39, 0.29) is 0 Å². The van der Waals surface area contributed by atoms with Gasteiger partial charge in [0.05, 0.1) is 18.4 Å². The van der Waals surface area contributed by atoms with Gasteiger partial charge in [-0.2, -0.15) is 0 Å². The van der Waals surface area contributed by atoms with Crippen LogP contribution >= 0.6 is 11.3 Å². The summed E-state index contributed by atoms with van der Waals surface area (Å²) in [6, 6.07) is 6.28. The van der Waals surface area contributed by atoms with E-state index in [1.54, 1.807) is 18.7 Å². The van der Waals surface area contributed by atoms with Crippen molar-refractivity contribution in [3.63, 3.8) is 0 Å². The number of hydrogen-bond donors (Lipinski definition) is 3. The van der Waals surface area contributed by atoms with Crippen molar-refractivity contribution in [2.75, 3.05) is 42.5 Å². The molecule has 0 spiro atoms. The molecule has 12 heteroatoms. The normalized spacial score (nSPS) is 15.2. The average molecular weight is 452 g/mol. The molecule has 166 valence electrons. The number of nitrogens with one attached hydrogen (secondary N) is 2. The van der Waals surface area contributed by atoms with Gasteiger partial charge in [0.1, 0.15) is 11.8 Å². The van der Waals surface area contributed by atoms with Gasteiger partial charge < -0.3 is 21.3 Å². The zero-order valence-corrected chi connectivity index (χ0v) is 18.4. The maximum atomic E-state index is 5.62. The standard InChI is InChI=1S/C20H25N11S/c21-18-28-29-20(32-18)24-7-10-30-8-4-14(5-9-30)26-19-27-16-11-22-13-25-17(16)31(19)12-15-3-1-2-6-23-15/h1-3,6,11,13-14H,4-5,7-10,12H2,(H2,21,28)(H,24,29)(H,26,27). The lowest BCUT2D eigenvalue weighted by molar-refractivity contribution is 0.226. The summed E-state index contributed by atoms with van der Waals surface area (Å²) in [4.78, 5) is 20.3. The SMILES string of the molecule is Nc1nnc(NCCN2CCC(Nc3nc4cncnc4n3Cc3ccccn3)CC2)s1. The van der Waals surface area contributed by atoms with E-state index in [2.05, 4.69) is 45.2 Å². The largest absolute Gasteiger partial charge is 0.374 e. The average Bonchev–Trinajstić information content (AvgIpc) is 3.39. The summed E-state index contributed by atoms with van der Waals surface area (Å²) in [5, 5.41) is 16.0. The minimum Gasteiger partial charge on any atom is -0.374 e. The number of aromatic nitrogens is 7. The van der Waals surface area contributed by atoms with Crippen molar-refractivity contribution in [1.29, 1.82) is 0 Å². The van der Waals surface area contributed by atoms with Crippen molar-refractivity contribution in [3.05, 3.63) is 42.6 Å². The summed E-state index contributed by atoms with van der Waals surface area (Å²) in [6.07, 6.45) is 7.21. The highest BCUT2D eigenvalue weighted by Crippen LogP contribution is 2.22. The lowest BCUT2D eigenvalue weighted by Crippen LogP contribution is -2.41. The molecule has 1 saturated heterocycles. The zero-order valence-electron chi connectivity index (χ0n) is 17.6. The van der Waals surface area contributed by atoms with E-state index < -0.39 is 0 Å². The Morgan fingerprint density at radius 2 is 2.06 bits per heavy atom. The number of piperidine rings is 1. The van der Waals surface area contributed by atoms with Gasteiger partial charge in [-0.25, -0.2) is 15.0 Å². The molecule has 0 aliphatic carbocycles. The third-order valence-electron chi connectivity index (χ3n) is 5.52. The first-order valence-electron chi connectivity index (χ1n) is 10.6. The van der Waals surface area contributed by atoms with E-state index in [0.29, 0.717) is 17.7 Å². The molecule has 0 atom stereocenters. The van der Waals surface area contributed by atoms with Gasteiger partial charge in [-0.15, -0.1) is 10.2 Å². The maximum Gasteiger partial charge on any atom is 0.207 e. The molecule has 1 fully saturated rings. The highest BCUT2D eigenvalue weighted by Gasteiger charge is 2.22. The molecule has 4 aromatic rings. The van der Waals surface area contributed by atoms with Crippen LogP contribution in [0.4, 0.5) is 16.2 Å². The first-order valence-corrected chi connectivity index (χ1v) is 11.4. The molecule has 0 amide bonds. The molecule has 0 unspecified atom stereocenters.